The number of carbonyl (C=O) groups is 2. The molecule has 0 aromatic heterocycles. The van der Waals surface area contributed by atoms with Crippen LogP contribution in [0, 0.1) is 16.7 Å². The molecule has 1 aliphatic carbocycles. The summed E-state index contributed by atoms with van der Waals surface area (Å²) in [7, 11) is 0. The summed E-state index contributed by atoms with van der Waals surface area (Å²) in [4.78, 5) is 24.4. The van der Waals surface area contributed by atoms with Crippen molar-refractivity contribution in [3.63, 3.8) is 0 Å². The van der Waals surface area contributed by atoms with Gasteiger partial charge >= 0.3 is 11.9 Å². The van der Waals surface area contributed by atoms with Crippen LogP contribution in [0.1, 0.15) is 60.3 Å². The molecule has 2 unspecified atom stereocenters. The highest BCUT2D eigenvalue weighted by molar-refractivity contribution is 6.04. The summed E-state index contributed by atoms with van der Waals surface area (Å²) in [6, 6.07) is 0. The molecule has 5 nitrogen and oxygen atoms in total. The maximum atomic E-state index is 12.2. The molecule has 1 fully saturated rings. The third kappa shape index (κ3) is 4.59. The first kappa shape index (κ1) is 20.7. The van der Waals surface area contributed by atoms with E-state index in [9.17, 15) is 14.7 Å². The Morgan fingerprint density at radius 3 is 2.21 bits per heavy atom. The number of aliphatic hydroxyl groups excluding tert-OH is 1. The van der Waals surface area contributed by atoms with Crippen molar-refractivity contribution in [2.75, 3.05) is 13.2 Å². The summed E-state index contributed by atoms with van der Waals surface area (Å²) in [5, 5.41) is 10.4. The SMILES string of the molecule is CCCCC(C)(C)C(O)C=CC1CC1(C(=O)OCC)C(=O)OCC. The molecule has 0 aromatic carbocycles. The molecule has 0 aliphatic heterocycles. The number of unbranched alkanes of at least 4 members (excludes halogenated alkanes) is 1. The van der Waals surface area contributed by atoms with Crippen molar-refractivity contribution in [1.82, 2.24) is 0 Å². The van der Waals surface area contributed by atoms with E-state index in [4.69, 9.17) is 9.47 Å². The molecular formula is C19H32O5. The van der Waals surface area contributed by atoms with Gasteiger partial charge in [-0.3, -0.25) is 9.59 Å². The molecule has 0 amide bonds. The number of ether oxygens (including phenoxy) is 2. The highest BCUT2D eigenvalue weighted by Gasteiger charge is 2.67. The molecule has 138 valence electrons. The zero-order valence-corrected chi connectivity index (χ0v) is 15.6. The fourth-order valence-corrected chi connectivity index (χ4v) is 2.87. The van der Waals surface area contributed by atoms with E-state index in [1.54, 1.807) is 26.0 Å². The van der Waals surface area contributed by atoms with E-state index in [-0.39, 0.29) is 24.5 Å². The number of rotatable bonds is 10. The molecule has 5 heteroatoms. The second-order valence-electron chi connectivity index (χ2n) is 7.14. The highest BCUT2D eigenvalue weighted by Crippen LogP contribution is 2.55. The quantitative estimate of drug-likeness (QED) is 0.375. The first-order chi connectivity index (χ1) is 11.3. The third-order valence-corrected chi connectivity index (χ3v) is 4.80. The Balaban J connectivity index is 2.79. The monoisotopic (exact) mass is 340 g/mol. The van der Waals surface area contributed by atoms with Crippen molar-refractivity contribution in [2.24, 2.45) is 16.7 Å². The predicted molar refractivity (Wildman–Crippen MR) is 92.3 cm³/mol. The number of hydrogen-bond acceptors (Lipinski definition) is 5. The minimum absolute atomic E-state index is 0.225. The van der Waals surface area contributed by atoms with Crippen molar-refractivity contribution in [1.29, 1.82) is 0 Å². The van der Waals surface area contributed by atoms with Gasteiger partial charge in [0.1, 0.15) is 0 Å². The third-order valence-electron chi connectivity index (χ3n) is 4.80. The predicted octanol–water partition coefficient (Wildman–Crippen LogP) is 3.25. The van der Waals surface area contributed by atoms with Crippen LogP contribution in [-0.2, 0) is 19.1 Å². The standard InChI is InChI=1S/C19H32O5/c1-6-9-12-18(4,5)15(20)11-10-14-13-19(14,16(21)23-7-2)17(22)24-8-3/h10-11,14-15,20H,6-9,12-13H2,1-5H3. The van der Waals surface area contributed by atoms with Gasteiger partial charge in [0.15, 0.2) is 5.41 Å². The Hall–Kier alpha value is -1.36. The first-order valence-electron chi connectivity index (χ1n) is 8.97. The van der Waals surface area contributed by atoms with Gasteiger partial charge in [0.2, 0.25) is 0 Å². The van der Waals surface area contributed by atoms with Crippen LogP contribution in [0.25, 0.3) is 0 Å². The summed E-state index contributed by atoms with van der Waals surface area (Å²) in [6.07, 6.45) is 6.29. The van der Waals surface area contributed by atoms with Gasteiger partial charge < -0.3 is 14.6 Å². The van der Waals surface area contributed by atoms with Crippen molar-refractivity contribution >= 4 is 11.9 Å². The van der Waals surface area contributed by atoms with Gasteiger partial charge in [-0.15, -0.1) is 0 Å². The number of esters is 2. The summed E-state index contributed by atoms with van der Waals surface area (Å²) >= 11 is 0. The van der Waals surface area contributed by atoms with E-state index in [0.29, 0.717) is 6.42 Å². The average Bonchev–Trinajstić information content (AvgIpc) is 3.27. The minimum Gasteiger partial charge on any atom is -0.465 e. The summed E-state index contributed by atoms with van der Waals surface area (Å²) < 4.78 is 10.1. The number of hydrogen-bond donors (Lipinski definition) is 1. The Labute approximate surface area is 145 Å². The van der Waals surface area contributed by atoms with E-state index in [2.05, 4.69) is 6.92 Å². The Morgan fingerprint density at radius 1 is 1.21 bits per heavy atom. The summed E-state index contributed by atoms with van der Waals surface area (Å²) in [5.74, 6) is -1.33. The first-order valence-corrected chi connectivity index (χ1v) is 8.97. The van der Waals surface area contributed by atoms with Crippen molar-refractivity contribution < 1.29 is 24.2 Å². The molecule has 24 heavy (non-hydrogen) atoms. The van der Waals surface area contributed by atoms with Crippen LogP contribution in [0.15, 0.2) is 12.2 Å². The average molecular weight is 340 g/mol. The summed E-state index contributed by atoms with van der Waals surface area (Å²) in [6.45, 7) is 10.0. The molecule has 1 saturated carbocycles. The Bertz CT molecular complexity index is 448. The lowest BCUT2D eigenvalue weighted by Crippen LogP contribution is -2.32. The normalized spacial score (nSPS) is 20.7. The molecule has 0 aromatic rings. The van der Waals surface area contributed by atoms with Crippen LogP contribution in [0.5, 0.6) is 0 Å². The number of aliphatic hydroxyl groups is 1. The maximum Gasteiger partial charge on any atom is 0.324 e. The van der Waals surface area contributed by atoms with Gasteiger partial charge in [0.25, 0.3) is 0 Å². The van der Waals surface area contributed by atoms with Crippen molar-refractivity contribution in [3.8, 4) is 0 Å². The zero-order chi connectivity index (χ0) is 18.4. The van der Waals surface area contributed by atoms with Gasteiger partial charge in [-0.2, -0.15) is 0 Å². The Kier molecular flexibility index (Phi) is 7.46. The van der Waals surface area contributed by atoms with Crippen molar-refractivity contribution in [3.05, 3.63) is 12.2 Å². The van der Waals surface area contributed by atoms with Gasteiger partial charge in [-0.25, -0.2) is 0 Å². The van der Waals surface area contributed by atoms with Crippen molar-refractivity contribution in [2.45, 2.75) is 66.4 Å². The molecule has 0 bridgehead atoms. The smallest absolute Gasteiger partial charge is 0.324 e. The van der Waals surface area contributed by atoms with Gasteiger partial charge in [-0.05, 0) is 32.1 Å². The second-order valence-corrected chi connectivity index (χ2v) is 7.14. The lowest BCUT2D eigenvalue weighted by Gasteiger charge is -2.28. The zero-order valence-electron chi connectivity index (χ0n) is 15.6. The number of carbonyl (C=O) groups excluding carboxylic acids is 2. The highest BCUT2D eigenvalue weighted by atomic mass is 16.6. The molecule has 2 atom stereocenters. The molecule has 1 N–H and O–H groups in total. The van der Waals surface area contributed by atoms with E-state index >= 15 is 0 Å². The molecule has 1 aliphatic rings. The largest absolute Gasteiger partial charge is 0.465 e. The molecular weight excluding hydrogens is 308 g/mol. The molecule has 0 radical (unpaired) electrons. The van der Waals surface area contributed by atoms with Gasteiger partial charge in [-0.1, -0.05) is 45.8 Å². The van der Waals surface area contributed by atoms with Crippen LogP contribution in [0.4, 0.5) is 0 Å². The minimum atomic E-state index is -1.23. The molecule has 0 heterocycles. The fraction of sp³-hybridized carbons (Fsp3) is 0.789. The van der Waals surface area contributed by atoms with E-state index in [0.717, 1.165) is 19.3 Å². The molecule has 0 saturated heterocycles. The summed E-state index contributed by atoms with van der Waals surface area (Å²) in [5.41, 5.74) is -1.46. The molecule has 1 rings (SSSR count). The van der Waals surface area contributed by atoms with Crippen LogP contribution in [-0.4, -0.2) is 36.4 Å². The van der Waals surface area contributed by atoms with Crippen LogP contribution in [0.3, 0.4) is 0 Å². The maximum absolute atomic E-state index is 12.2. The van der Waals surface area contributed by atoms with Crippen LogP contribution < -0.4 is 0 Å². The van der Waals surface area contributed by atoms with E-state index in [1.165, 1.54) is 0 Å². The van der Waals surface area contributed by atoms with Gasteiger partial charge in [0, 0.05) is 5.92 Å². The number of allylic oxidation sites excluding steroid dienone is 1. The Morgan fingerprint density at radius 2 is 1.75 bits per heavy atom. The van der Waals surface area contributed by atoms with Gasteiger partial charge in [0.05, 0.1) is 19.3 Å². The van der Waals surface area contributed by atoms with E-state index < -0.39 is 23.5 Å². The van der Waals surface area contributed by atoms with E-state index in [1.807, 2.05) is 13.8 Å². The fourth-order valence-electron chi connectivity index (χ4n) is 2.87. The van der Waals surface area contributed by atoms with Crippen LogP contribution >= 0.6 is 0 Å². The molecule has 0 spiro atoms. The lowest BCUT2D eigenvalue weighted by molar-refractivity contribution is -0.164. The van der Waals surface area contributed by atoms with Crippen LogP contribution in [0.2, 0.25) is 0 Å². The topological polar surface area (TPSA) is 72.8 Å². The second kappa shape index (κ2) is 8.65. The lowest BCUT2D eigenvalue weighted by atomic mass is 9.81.